The Morgan fingerprint density at radius 3 is 2.76 bits per heavy atom. The second-order valence-corrected chi connectivity index (χ2v) is 9.90. The van der Waals surface area contributed by atoms with Gasteiger partial charge < -0.3 is 23.4 Å². The highest BCUT2D eigenvalue weighted by Crippen LogP contribution is 2.38. The molecule has 0 N–H and O–H groups in total. The first-order chi connectivity index (χ1) is 18.5. The summed E-state index contributed by atoms with van der Waals surface area (Å²) >= 11 is 2.83. The van der Waals surface area contributed by atoms with Crippen LogP contribution in [0.15, 0.2) is 58.5 Å². The Morgan fingerprint density at radius 2 is 1.97 bits per heavy atom. The minimum atomic E-state index is -0.368. The van der Waals surface area contributed by atoms with E-state index in [1.807, 2.05) is 35.7 Å². The number of furan rings is 1. The summed E-state index contributed by atoms with van der Waals surface area (Å²) in [5, 5.41) is 8.37. The van der Waals surface area contributed by atoms with E-state index in [0.29, 0.717) is 44.4 Å². The third-order valence-corrected chi connectivity index (χ3v) is 7.35. The number of imidazole rings is 1. The maximum atomic E-state index is 11.3. The fourth-order valence-corrected chi connectivity index (χ4v) is 5.35. The van der Waals surface area contributed by atoms with Gasteiger partial charge in [-0.2, -0.15) is 0 Å². The van der Waals surface area contributed by atoms with Gasteiger partial charge in [0.25, 0.3) is 5.19 Å². The van der Waals surface area contributed by atoms with E-state index in [1.165, 1.54) is 29.6 Å². The van der Waals surface area contributed by atoms with Crippen molar-refractivity contribution in [2.45, 2.75) is 13.5 Å². The van der Waals surface area contributed by atoms with Crippen molar-refractivity contribution < 1.29 is 28.2 Å². The predicted octanol–water partition coefficient (Wildman–Crippen LogP) is 5.85. The average Bonchev–Trinajstić information content (AvgIpc) is 3.69. The summed E-state index contributed by atoms with van der Waals surface area (Å²) < 4.78 is 29.8. The Kier molecular flexibility index (Phi) is 6.18. The molecule has 0 aliphatic carbocycles. The molecule has 0 bridgehead atoms. The second-order valence-electron chi connectivity index (χ2n) is 8.13. The van der Waals surface area contributed by atoms with Gasteiger partial charge >= 0.3 is 5.97 Å². The van der Waals surface area contributed by atoms with Crippen LogP contribution in [-0.2, 0) is 11.4 Å². The highest BCUT2D eigenvalue weighted by molar-refractivity contribution is 7.18. The van der Waals surface area contributed by atoms with Gasteiger partial charge in [-0.15, -0.1) is 16.4 Å². The first-order valence-electron chi connectivity index (χ1n) is 11.4. The predicted molar refractivity (Wildman–Crippen MR) is 142 cm³/mol. The van der Waals surface area contributed by atoms with Gasteiger partial charge in [0.2, 0.25) is 4.96 Å². The first kappa shape index (κ1) is 23.9. The highest BCUT2D eigenvalue weighted by atomic mass is 32.1. The van der Waals surface area contributed by atoms with Gasteiger partial charge in [-0.3, -0.25) is 4.79 Å². The van der Waals surface area contributed by atoms with Gasteiger partial charge in [0.15, 0.2) is 5.76 Å². The number of ether oxygens (including phenoxy) is 4. The van der Waals surface area contributed by atoms with E-state index in [4.69, 9.17) is 28.3 Å². The summed E-state index contributed by atoms with van der Waals surface area (Å²) in [6.07, 6.45) is 1.79. The molecule has 6 aromatic rings. The molecule has 6 rings (SSSR count). The van der Waals surface area contributed by atoms with Crippen molar-refractivity contribution in [3.05, 3.63) is 59.7 Å². The Labute approximate surface area is 224 Å². The van der Waals surface area contributed by atoms with Crippen LogP contribution in [0.2, 0.25) is 0 Å². The van der Waals surface area contributed by atoms with Crippen molar-refractivity contribution in [3.8, 4) is 44.5 Å². The lowest BCUT2D eigenvalue weighted by Crippen LogP contribution is -2.01. The van der Waals surface area contributed by atoms with Gasteiger partial charge in [0.1, 0.15) is 40.1 Å². The zero-order valence-electron chi connectivity index (χ0n) is 20.5. The zero-order valence-corrected chi connectivity index (χ0v) is 22.1. The van der Waals surface area contributed by atoms with Gasteiger partial charge in [-0.05, 0) is 29.5 Å². The summed E-state index contributed by atoms with van der Waals surface area (Å²) in [6, 6.07) is 12.8. The van der Waals surface area contributed by atoms with Gasteiger partial charge in [-0.1, -0.05) is 12.1 Å². The van der Waals surface area contributed by atoms with Crippen molar-refractivity contribution in [3.63, 3.8) is 0 Å². The Morgan fingerprint density at radius 1 is 1.08 bits per heavy atom. The van der Waals surface area contributed by atoms with Crippen molar-refractivity contribution in [1.82, 2.24) is 19.6 Å². The van der Waals surface area contributed by atoms with E-state index in [1.54, 1.807) is 37.1 Å². The molecule has 0 atom stereocenters. The molecule has 192 valence electrons. The summed E-state index contributed by atoms with van der Waals surface area (Å²) in [4.78, 5) is 21.3. The van der Waals surface area contributed by atoms with Crippen LogP contribution in [0, 0.1) is 0 Å². The third-order valence-electron chi connectivity index (χ3n) is 5.53. The summed E-state index contributed by atoms with van der Waals surface area (Å²) in [5.41, 5.74) is 2.87. The van der Waals surface area contributed by atoms with Crippen LogP contribution in [0.5, 0.6) is 22.4 Å². The molecule has 38 heavy (non-hydrogen) atoms. The lowest BCUT2D eigenvalue weighted by molar-refractivity contribution is -0.131. The van der Waals surface area contributed by atoms with Crippen LogP contribution >= 0.6 is 22.7 Å². The number of benzene rings is 2. The van der Waals surface area contributed by atoms with Crippen molar-refractivity contribution >= 4 is 44.6 Å². The van der Waals surface area contributed by atoms with Crippen molar-refractivity contribution in [2.24, 2.45) is 0 Å². The van der Waals surface area contributed by atoms with Crippen molar-refractivity contribution in [1.29, 1.82) is 0 Å². The minimum absolute atomic E-state index is 0.243. The maximum Gasteiger partial charge on any atom is 0.308 e. The molecular weight excluding hydrogens is 528 g/mol. The van der Waals surface area contributed by atoms with E-state index in [-0.39, 0.29) is 12.6 Å². The number of nitrogens with zero attached hydrogens (tertiary/aromatic N) is 4. The lowest BCUT2D eigenvalue weighted by Gasteiger charge is -2.08. The van der Waals surface area contributed by atoms with Crippen LogP contribution in [0.25, 0.3) is 38.0 Å². The molecule has 0 amide bonds. The molecule has 0 saturated carbocycles. The summed E-state index contributed by atoms with van der Waals surface area (Å²) in [7, 11) is 3.16. The number of hydrogen-bond acceptors (Lipinski definition) is 11. The van der Waals surface area contributed by atoms with E-state index < -0.39 is 0 Å². The average molecular weight is 549 g/mol. The first-order valence-corrected chi connectivity index (χ1v) is 13.1. The molecule has 0 saturated heterocycles. The maximum absolute atomic E-state index is 11.3. The molecule has 0 unspecified atom stereocenters. The minimum Gasteiger partial charge on any atom is -0.496 e. The SMILES string of the molecule is COc1cc(OCc2csc(-c3cccc(OC(C)=O)c3)n2)c2cc(-c3cn4nc(OC)sc4n3)oc2c1. The van der Waals surface area contributed by atoms with Crippen LogP contribution < -0.4 is 18.9 Å². The molecule has 0 aliphatic heterocycles. The number of carbonyl (C=O) groups excluding carboxylic acids is 1. The van der Waals surface area contributed by atoms with Gasteiger partial charge in [0.05, 0.1) is 31.5 Å². The fourth-order valence-electron chi connectivity index (χ4n) is 3.85. The molecule has 0 radical (unpaired) electrons. The zero-order chi connectivity index (χ0) is 26.2. The van der Waals surface area contributed by atoms with E-state index in [9.17, 15) is 4.79 Å². The number of esters is 1. The van der Waals surface area contributed by atoms with E-state index >= 15 is 0 Å². The molecule has 4 aromatic heterocycles. The van der Waals surface area contributed by atoms with E-state index in [0.717, 1.165) is 21.7 Å². The molecule has 0 aliphatic rings. The number of carbonyl (C=O) groups is 1. The van der Waals surface area contributed by atoms with Crippen LogP contribution in [0.4, 0.5) is 0 Å². The summed E-state index contributed by atoms with van der Waals surface area (Å²) in [5.74, 6) is 1.89. The fraction of sp³-hybridized carbons (Fsp3) is 0.154. The molecular formula is C26H20N4O6S2. The topological polar surface area (TPSA) is 110 Å². The van der Waals surface area contributed by atoms with Crippen LogP contribution in [0.3, 0.4) is 0 Å². The molecule has 2 aromatic carbocycles. The molecule has 10 nitrogen and oxygen atoms in total. The van der Waals surface area contributed by atoms with Crippen LogP contribution in [0.1, 0.15) is 12.6 Å². The number of rotatable bonds is 8. The van der Waals surface area contributed by atoms with Crippen molar-refractivity contribution in [2.75, 3.05) is 14.2 Å². The normalized spacial score (nSPS) is 11.2. The van der Waals surface area contributed by atoms with Crippen LogP contribution in [-0.4, -0.2) is 39.8 Å². The highest BCUT2D eigenvalue weighted by Gasteiger charge is 2.17. The lowest BCUT2D eigenvalue weighted by atomic mass is 10.2. The van der Waals surface area contributed by atoms with Gasteiger partial charge in [-0.25, -0.2) is 14.5 Å². The third kappa shape index (κ3) is 4.66. The Balaban J connectivity index is 1.25. The van der Waals surface area contributed by atoms with Gasteiger partial charge in [0, 0.05) is 30.0 Å². The monoisotopic (exact) mass is 548 g/mol. The molecule has 4 heterocycles. The Hall–Kier alpha value is -4.42. The summed E-state index contributed by atoms with van der Waals surface area (Å²) in [6.45, 7) is 1.61. The molecule has 12 heteroatoms. The second kappa shape index (κ2) is 9.80. The number of aromatic nitrogens is 4. The quantitative estimate of drug-likeness (QED) is 0.171. The smallest absolute Gasteiger partial charge is 0.308 e. The standard InChI is InChI=1S/C26H20N4O6S2/c1-14(31)35-17-6-4-5-15(7-17)24-27-16(13-37-24)12-34-21-8-18(32-2)9-22-19(21)10-23(36-22)20-11-30-25(28-20)38-26(29-30)33-3/h4-11,13H,12H2,1-3H3. The number of hydrogen-bond donors (Lipinski definition) is 0. The number of methoxy groups -OCH3 is 2. The van der Waals surface area contributed by atoms with E-state index in [2.05, 4.69) is 10.1 Å². The number of fused-ring (bicyclic) bond motifs is 2. The molecule has 0 spiro atoms. The largest absolute Gasteiger partial charge is 0.496 e. The Bertz CT molecular complexity index is 1750. The molecule has 0 fully saturated rings. The number of thiazole rings is 1.